The zero-order chi connectivity index (χ0) is 13.0. The van der Waals surface area contributed by atoms with Gasteiger partial charge in [0.2, 0.25) is 0 Å². The first-order chi connectivity index (χ1) is 8.69. The molecular weight excluding hydrogens is 248 g/mol. The minimum atomic E-state index is 0.459. The summed E-state index contributed by atoms with van der Waals surface area (Å²) in [6.07, 6.45) is 1.22. The molecule has 0 bridgehead atoms. The maximum absolute atomic E-state index is 5.73. The Kier molecular flexibility index (Phi) is 4.92. The van der Waals surface area contributed by atoms with Gasteiger partial charge in [0.05, 0.1) is 5.69 Å². The van der Waals surface area contributed by atoms with E-state index in [0.717, 1.165) is 38.4 Å². The van der Waals surface area contributed by atoms with Crippen LogP contribution < -0.4 is 0 Å². The molecular formula is C13H21ClN4. The summed E-state index contributed by atoms with van der Waals surface area (Å²) in [6.45, 7) is 9.94. The minimum Gasteiger partial charge on any atom is -0.298 e. The molecule has 0 amide bonds. The van der Waals surface area contributed by atoms with Crippen molar-refractivity contribution in [3.63, 3.8) is 0 Å². The molecule has 1 unspecified atom stereocenters. The lowest BCUT2D eigenvalue weighted by Gasteiger charge is -2.37. The Labute approximate surface area is 114 Å². The summed E-state index contributed by atoms with van der Waals surface area (Å²) in [5.74, 6) is 0. The van der Waals surface area contributed by atoms with Gasteiger partial charge in [-0.15, -0.1) is 5.10 Å². The van der Waals surface area contributed by atoms with Gasteiger partial charge in [-0.2, -0.15) is 5.10 Å². The zero-order valence-corrected chi connectivity index (χ0v) is 11.9. The van der Waals surface area contributed by atoms with Gasteiger partial charge in [-0.25, -0.2) is 0 Å². The third-order valence-electron chi connectivity index (χ3n) is 3.69. The highest BCUT2D eigenvalue weighted by Crippen LogP contribution is 2.11. The second kappa shape index (κ2) is 6.45. The van der Waals surface area contributed by atoms with Crippen LogP contribution in [0.5, 0.6) is 0 Å². The zero-order valence-electron chi connectivity index (χ0n) is 11.1. The van der Waals surface area contributed by atoms with Crippen molar-refractivity contribution in [2.24, 2.45) is 0 Å². The van der Waals surface area contributed by atoms with Crippen LogP contribution in [0.15, 0.2) is 12.1 Å². The molecule has 5 heteroatoms. The molecule has 18 heavy (non-hydrogen) atoms. The summed E-state index contributed by atoms with van der Waals surface area (Å²) in [6, 6.07) is 4.46. The Balaban J connectivity index is 1.81. The van der Waals surface area contributed by atoms with Crippen molar-refractivity contribution in [1.82, 2.24) is 20.0 Å². The van der Waals surface area contributed by atoms with E-state index in [2.05, 4.69) is 33.8 Å². The van der Waals surface area contributed by atoms with Crippen molar-refractivity contribution in [1.29, 1.82) is 0 Å². The smallest absolute Gasteiger partial charge is 0.151 e. The molecule has 0 spiro atoms. The second-order valence-corrected chi connectivity index (χ2v) is 5.30. The Bertz CT molecular complexity index is 360. The summed E-state index contributed by atoms with van der Waals surface area (Å²) in [4.78, 5) is 4.99. The van der Waals surface area contributed by atoms with Gasteiger partial charge < -0.3 is 0 Å². The molecule has 1 aliphatic rings. The van der Waals surface area contributed by atoms with E-state index in [1.165, 1.54) is 6.42 Å². The Morgan fingerprint density at radius 3 is 2.50 bits per heavy atom. The third-order valence-corrected chi connectivity index (χ3v) is 3.90. The van der Waals surface area contributed by atoms with Crippen LogP contribution in [-0.2, 0) is 6.54 Å². The van der Waals surface area contributed by atoms with E-state index in [1.807, 2.05) is 6.07 Å². The van der Waals surface area contributed by atoms with Crippen molar-refractivity contribution in [2.75, 3.05) is 26.2 Å². The van der Waals surface area contributed by atoms with Crippen molar-refractivity contribution in [3.8, 4) is 0 Å². The van der Waals surface area contributed by atoms with E-state index in [0.29, 0.717) is 11.2 Å². The molecule has 1 aliphatic heterocycles. The van der Waals surface area contributed by atoms with Crippen molar-refractivity contribution in [2.45, 2.75) is 32.9 Å². The Morgan fingerprint density at radius 2 is 1.94 bits per heavy atom. The van der Waals surface area contributed by atoms with Crippen LogP contribution in [0.25, 0.3) is 0 Å². The van der Waals surface area contributed by atoms with Gasteiger partial charge in [-0.1, -0.05) is 18.5 Å². The molecule has 0 aliphatic carbocycles. The average molecular weight is 269 g/mol. The Hall–Kier alpha value is -0.710. The van der Waals surface area contributed by atoms with Gasteiger partial charge in [0.25, 0.3) is 0 Å². The fourth-order valence-electron chi connectivity index (χ4n) is 2.28. The van der Waals surface area contributed by atoms with Crippen LogP contribution in [0.4, 0.5) is 0 Å². The molecule has 0 N–H and O–H groups in total. The quantitative estimate of drug-likeness (QED) is 0.837. The first-order valence-electron chi connectivity index (χ1n) is 6.63. The van der Waals surface area contributed by atoms with Gasteiger partial charge in [0, 0.05) is 38.8 Å². The third kappa shape index (κ3) is 3.64. The van der Waals surface area contributed by atoms with E-state index in [4.69, 9.17) is 11.6 Å². The molecule has 4 nitrogen and oxygen atoms in total. The van der Waals surface area contributed by atoms with Crippen LogP contribution in [-0.4, -0.2) is 52.2 Å². The predicted octanol–water partition coefficient (Wildman–Crippen LogP) is 2.05. The highest BCUT2D eigenvalue weighted by Gasteiger charge is 2.20. The van der Waals surface area contributed by atoms with E-state index >= 15 is 0 Å². The van der Waals surface area contributed by atoms with E-state index in [1.54, 1.807) is 6.07 Å². The fraction of sp³-hybridized carbons (Fsp3) is 0.692. The lowest BCUT2D eigenvalue weighted by atomic mass is 10.2. The molecule has 2 rings (SSSR count). The van der Waals surface area contributed by atoms with Gasteiger partial charge >= 0.3 is 0 Å². The second-order valence-electron chi connectivity index (χ2n) is 4.92. The summed E-state index contributed by atoms with van der Waals surface area (Å²) in [5.41, 5.74) is 0.997. The van der Waals surface area contributed by atoms with E-state index < -0.39 is 0 Å². The normalized spacial score (nSPS) is 19.9. The number of hydrogen-bond acceptors (Lipinski definition) is 4. The lowest BCUT2D eigenvalue weighted by Crippen LogP contribution is -2.49. The number of aromatic nitrogens is 2. The highest BCUT2D eigenvalue weighted by molar-refractivity contribution is 6.29. The van der Waals surface area contributed by atoms with Crippen LogP contribution in [0.1, 0.15) is 26.0 Å². The van der Waals surface area contributed by atoms with Crippen molar-refractivity contribution in [3.05, 3.63) is 23.0 Å². The van der Waals surface area contributed by atoms with Crippen molar-refractivity contribution >= 4 is 11.6 Å². The van der Waals surface area contributed by atoms with E-state index in [9.17, 15) is 0 Å². The molecule has 0 aromatic carbocycles. The monoisotopic (exact) mass is 268 g/mol. The standard InChI is InChI=1S/C13H21ClN4/c1-3-11(2)18-8-6-17(7-9-18)10-12-4-5-13(14)16-15-12/h4-5,11H,3,6-10H2,1-2H3. The Morgan fingerprint density at radius 1 is 1.22 bits per heavy atom. The number of hydrogen-bond donors (Lipinski definition) is 0. The minimum absolute atomic E-state index is 0.459. The highest BCUT2D eigenvalue weighted by atomic mass is 35.5. The van der Waals surface area contributed by atoms with E-state index in [-0.39, 0.29) is 0 Å². The van der Waals surface area contributed by atoms with Crippen LogP contribution in [0.2, 0.25) is 5.15 Å². The van der Waals surface area contributed by atoms with Gasteiger partial charge in [-0.3, -0.25) is 9.80 Å². The molecule has 0 saturated carbocycles. The van der Waals surface area contributed by atoms with Crippen LogP contribution in [0, 0.1) is 0 Å². The topological polar surface area (TPSA) is 32.3 Å². The average Bonchev–Trinajstić information content (AvgIpc) is 2.41. The van der Waals surface area contributed by atoms with Gasteiger partial charge in [0.1, 0.15) is 0 Å². The maximum atomic E-state index is 5.73. The molecule has 1 atom stereocenters. The molecule has 1 aromatic rings. The van der Waals surface area contributed by atoms with Crippen molar-refractivity contribution < 1.29 is 0 Å². The summed E-state index contributed by atoms with van der Waals surface area (Å²) in [7, 11) is 0. The van der Waals surface area contributed by atoms with Gasteiger partial charge in [0.15, 0.2) is 5.15 Å². The van der Waals surface area contributed by atoms with Gasteiger partial charge in [-0.05, 0) is 25.5 Å². The number of halogens is 1. The molecule has 1 aromatic heterocycles. The summed E-state index contributed by atoms with van der Waals surface area (Å²) >= 11 is 5.73. The first kappa shape index (κ1) is 13.7. The number of piperazine rings is 1. The molecule has 1 saturated heterocycles. The molecule has 0 radical (unpaired) electrons. The maximum Gasteiger partial charge on any atom is 0.151 e. The SMILES string of the molecule is CCC(C)N1CCN(Cc2ccc(Cl)nn2)CC1. The lowest BCUT2D eigenvalue weighted by molar-refractivity contribution is 0.0954. The number of rotatable bonds is 4. The molecule has 2 heterocycles. The number of nitrogens with zero attached hydrogens (tertiary/aromatic N) is 4. The summed E-state index contributed by atoms with van der Waals surface area (Å²) in [5, 5.41) is 8.44. The van der Waals surface area contributed by atoms with Crippen LogP contribution >= 0.6 is 11.6 Å². The first-order valence-corrected chi connectivity index (χ1v) is 7.01. The largest absolute Gasteiger partial charge is 0.298 e. The molecule has 100 valence electrons. The van der Waals surface area contributed by atoms with Crippen LogP contribution in [0.3, 0.4) is 0 Å². The molecule has 1 fully saturated rings. The fourth-order valence-corrected chi connectivity index (χ4v) is 2.38. The summed E-state index contributed by atoms with van der Waals surface area (Å²) < 4.78 is 0. The predicted molar refractivity (Wildman–Crippen MR) is 73.6 cm³/mol.